The molecule has 8 nitrogen and oxygen atoms in total. The summed E-state index contributed by atoms with van der Waals surface area (Å²) in [6, 6.07) is 64.9. The van der Waals surface area contributed by atoms with Crippen LogP contribution in [0.2, 0.25) is 0 Å². The Morgan fingerprint density at radius 1 is 0.324 bits per heavy atom. The lowest BCUT2D eigenvalue weighted by molar-refractivity contribution is 0.298. The Balaban J connectivity index is 0.764. The summed E-state index contributed by atoms with van der Waals surface area (Å²) >= 11 is 0. The second kappa shape index (κ2) is 15.4. The van der Waals surface area contributed by atoms with E-state index < -0.39 is 0 Å². The molecule has 0 spiro atoms. The van der Waals surface area contributed by atoms with Crippen molar-refractivity contribution in [2.24, 2.45) is 0 Å². The summed E-state index contributed by atoms with van der Waals surface area (Å²) in [4.78, 5) is 0. The van der Waals surface area contributed by atoms with Crippen molar-refractivity contribution in [3.8, 4) is 22.6 Å². The fourth-order valence-corrected chi connectivity index (χ4v) is 10.7. The second-order valence-electron chi connectivity index (χ2n) is 17.9. The van der Waals surface area contributed by atoms with Crippen LogP contribution in [0.15, 0.2) is 194 Å². The van der Waals surface area contributed by atoms with Gasteiger partial charge in [-0.15, -0.1) is 10.2 Å². The fourth-order valence-electron chi connectivity index (χ4n) is 10.7. The molecule has 0 amide bonds. The molecule has 0 saturated carbocycles. The molecule has 68 heavy (non-hydrogen) atoms. The van der Waals surface area contributed by atoms with Crippen molar-refractivity contribution < 1.29 is 9.47 Å². The average molecular weight is 877 g/mol. The summed E-state index contributed by atoms with van der Waals surface area (Å²) in [5.41, 5.74) is 5.77. The minimum absolute atomic E-state index is 0.236. The molecule has 0 aliphatic carbocycles. The molecular formula is C60H40N6O2. The maximum absolute atomic E-state index is 6.79. The van der Waals surface area contributed by atoms with Crippen LogP contribution >= 0.6 is 0 Å². The van der Waals surface area contributed by atoms with Crippen molar-refractivity contribution in [3.63, 3.8) is 0 Å². The van der Waals surface area contributed by atoms with Crippen LogP contribution in [0.3, 0.4) is 0 Å². The van der Waals surface area contributed by atoms with Gasteiger partial charge in [-0.2, -0.15) is 0 Å². The molecule has 0 bridgehead atoms. The van der Waals surface area contributed by atoms with Crippen LogP contribution in [-0.4, -0.2) is 30.0 Å². The molecule has 14 aromatic rings. The van der Waals surface area contributed by atoms with Crippen molar-refractivity contribution >= 4 is 86.2 Å². The van der Waals surface area contributed by atoms with Crippen molar-refractivity contribution in [2.75, 3.05) is 0 Å². The van der Waals surface area contributed by atoms with Crippen LogP contribution < -0.4 is 9.47 Å². The highest BCUT2D eigenvalue weighted by Crippen LogP contribution is 2.46. The first-order valence-corrected chi connectivity index (χ1v) is 23.1. The van der Waals surface area contributed by atoms with Crippen LogP contribution in [0.1, 0.15) is 22.5 Å². The molecular weight excluding hydrogens is 837 g/mol. The van der Waals surface area contributed by atoms with Gasteiger partial charge in [0.2, 0.25) is 0 Å². The van der Waals surface area contributed by atoms with Crippen molar-refractivity contribution in [1.29, 1.82) is 0 Å². The van der Waals surface area contributed by atoms with E-state index in [1.165, 1.54) is 75.8 Å². The first kappa shape index (κ1) is 38.4. The van der Waals surface area contributed by atoms with Gasteiger partial charge in [-0.3, -0.25) is 0 Å². The van der Waals surface area contributed by atoms with Crippen molar-refractivity contribution in [2.45, 2.75) is 26.3 Å². The van der Waals surface area contributed by atoms with E-state index in [4.69, 9.17) is 9.47 Å². The maximum atomic E-state index is 6.79. The van der Waals surface area contributed by atoms with E-state index in [0.29, 0.717) is 13.1 Å². The molecule has 2 heterocycles. The average Bonchev–Trinajstić information content (AvgIpc) is 4.05. The molecule has 0 atom stereocenters. The first-order valence-electron chi connectivity index (χ1n) is 23.1. The van der Waals surface area contributed by atoms with E-state index in [1.54, 1.807) is 0 Å². The van der Waals surface area contributed by atoms with E-state index >= 15 is 0 Å². The molecule has 0 aliphatic rings. The summed E-state index contributed by atoms with van der Waals surface area (Å²) in [5, 5.41) is 37.8. The predicted octanol–water partition coefficient (Wildman–Crippen LogP) is 13.9. The van der Waals surface area contributed by atoms with E-state index in [0.717, 1.165) is 55.6 Å². The molecule has 2 aromatic heterocycles. The normalized spacial score (nSPS) is 12.1. The third-order valence-corrected chi connectivity index (χ3v) is 13.9. The smallest absolute Gasteiger partial charge is 0.134 e. The predicted molar refractivity (Wildman–Crippen MR) is 274 cm³/mol. The molecule has 0 radical (unpaired) electrons. The number of hydrogen-bond acceptors (Lipinski definition) is 6. The number of hydrogen-bond donors (Lipinski definition) is 0. The topological polar surface area (TPSA) is 79.9 Å². The van der Waals surface area contributed by atoms with Gasteiger partial charge in [-0.25, -0.2) is 9.36 Å². The van der Waals surface area contributed by atoms with Gasteiger partial charge in [0.05, 0.1) is 25.5 Å². The van der Waals surface area contributed by atoms with Crippen LogP contribution in [0.4, 0.5) is 0 Å². The van der Waals surface area contributed by atoms with Gasteiger partial charge in [-0.05, 0) is 109 Å². The van der Waals surface area contributed by atoms with Gasteiger partial charge in [0.1, 0.15) is 36.1 Å². The Morgan fingerprint density at radius 2 is 0.691 bits per heavy atom. The first-order chi connectivity index (χ1) is 33.7. The van der Waals surface area contributed by atoms with E-state index in [2.05, 4.69) is 203 Å². The monoisotopic (exact) mass is 876 g/mol. The van der Waals surface area contributed by atoms with Crippen LogP contribution in [-0.2, 0) is 26.3 Å². The lowest BCUT2D eigenvalue weighted by Gasteiger charge is -2.19. The lowest BCUT2D eigenvalue weighted by atomic mass is 9.92. The zero-order valence-electron chi connectivity index (χ0n) is 36.8. The third-order valence-electron chi connectivity index (χ3n) is 13.9. The summed E-state index contributed by atoms with van der Waals surface area (Å²) in [6.45, 7) is 1.65. The van der Waals surface area contributed by atoms with Gasteiger partial charge >= 0.3 is 0 Å². The van der Waals surface area contributed by atoms with Gasteiger partial charge in [0, 0.05) is 11.1 Å². The highest BCUT2D eigenvalue weighted by Gasteiger charge is 2.21. The van der Waals surface area contributed by atoms with Gasteiger partial charge in [0.25, 0.3) is 0 Å². The van der Waals surface area contributed by atoms with Crippen LogP contribution in [0.5, 0.6) is 11.5 Å². The Morgan fingerprint density at radius 3 is 1.15 bits per heavy atom. The van der Waals surface area contributed by atoms with Crippen molar-refractivity contribution in [3.05, 3.63) is 217 Å². The minimum atomic E-state index is 0.236. The SMILES string of the molecule is c1ccc2c(-c3c(OCc4cn(Cc5ccc6ccc7cccc8ccc5c6c78)nn4)ccc4ccccc34)c(OCc3cn(Cc4ccc5ccc6cccc7ccc4c5c67)nn3)ccc2c1. The molecule has 0 fully saturated rings. The Hall–Kier alpha value is -8.88. The zero-order chi connectivity index (χ0) is 44.7. The van der Waals surface area contributed by atoms with Gasteiger partial charge < -0.3 is 9.47 Å². The van der Waals surface area contributed by atoms with Crippen LogP contribution in [0, 0.1) is 0 Å². The Labute approximate surface area is 389 Å². The zero-order valence-corrected chi connectivity index (χ0v) is 36.8. The molecule has 0 N–H and O–H groups in total. The lowest BCUT2D eigenvalue weighted by Crippen LogP contribution is -2.02. The number of rotatable bonds is 11. The molecule has 0 aliphatic heterocycles. The van der Waals surface area contributed by atoms with Crippen molar-refractivity contribution in [1.82, 2.24) is 30.0 Å². The van der Waals surface area contributed by atoms with E-state index in [-0.39, 0.29) is 13.2 Å². The fraction of sp³-hybridized carbons (Fsp3) is 0.0667. The van der Waals surface area contributed by atoms with E-state index in [1.807, 2.05) is 21.8 Å². The number of nitrogens with zero attached hydrogens (tertiary/aromatic N) is 6. The molecule has 8 heteroatoms. The number of fused-ring (bicyclic) bond motifs is 2. The minimum Gasteiger partial charge on any atom is -0.486 e. The third kappa shape index (κ3) is 6.29. The molecule has 0 saturated heterocycles. The maximum Gasteiger partial charge on any atom is 0.134 e. The van der Waals surface area contributed by atoms with Gasteiger partial charge in [0.15, 0.2) is 0 Å². The number of aromatic nitrogens is 6. The molecule has 14 rings (SSSR count). The van der Waals surface area contributed by atoms with Gasteiger partial charge in [-0.1, -0.05) is 180 Å². The quantitative estimate of drug-likeness (QED) is 0.120. The van der Waals surface area contributed by atoms with Crippen LogP contribution in [0.25, 0.3) is 97.3 Å². The standard InChI is InChI=1S/C60H40N6O2/c1-3-13-49-37(7-1)25-29-53(67-35-47-33-65(63-61-47)31-45-21-19-43-17-15-39-9-5-11-41-23-27-51(45)57(43)55(39)41)59(49)60-50-14-4-2-8-38(50)26-30-54(60)68-36-48-34-66(64-62-48)32-46-22-20-44-18-16-40-10-6-12-42-24-28-52(46)58(44)56(40)42/h1-30,33-34H,31-32,35-36H2. The summed E-state index contributed by atoms with van der Waals surface area (Å²) in [5.74, 6) is 1.45. The second-order valence-corrected chi connectivity index (χ2v) is 17.9. The number of benzene rings is 12. The highest BCUT2D eigenvalue weighted by molar-refractivity contribution is 6.24. The Bertz CT molecular complexity index is 3940. The largest absolute Gasteiger partial charge is 0.486 e. The Kier molecular flexibility index (Phi) is 8.67. The molecule has 0 unspecified atom stereocenters. The molecule has 322 valence electrons. The van der Waals surface area contributed by atoms with E-state index in [9.17, 15) is 0 Å². The summed E-state index contributed by atoms with van der Waals surface area (Å²) < 4.78 is 17.4. The highest BCUT2D eigenvalue weighted by atomic mass is 16.5. The number of ether oxygens (including phenoxy) is 2. The summed E-state index contributed by atoms with van der Waals surface area (Å²) in [6.07, 6.45) is 3.98. The summed E-state index contributed by atoms with van der Waals surface area (Å²) in [7, 11) is 0. The molecule has 12 aromatic carbocycles.